The molecule has 0 bridgehead atoms. The molecule has 0 aromatic carbocycles. The lowest BCUT2D eigenvalue weighted by atomic mass is 9.76. The molecule has 0 amide bonds. The van der Waals surface area contributed by atoms with Crippen molar-refractivity contribution in [1.29, 1.82) is 0 Å². The van der Waals surface area contributed by atoms with Gasteiger partial charge in [0, 0.05) is 0 Å². The van der Waals surface area contributed by atoms with Crippen LogP contribution in [-0.4, -0.2) is 21.0 Å². The maximum absolute atomic E-state index is 11.3. The van der Waals surface area contributed by atoms with Crippen molar-refractivity contribution in [1.82, 2.24) is 0 Å². The molecule has 0 aliphatic carbocycles. The Morgan fingerprint density at radius 1 is 0.941 bits per heavy atom. The number of carbonyl (C=O) groups is 4. The second kappa shape index (κ2) is 6.69. The minimum absolute atomic E-state index is 0.0162. The van der Waals surface area contributed by atoms with E-state index in [-0.39, 0.29) is 6.42 Å². The van der Waals surface area contributed by atoms with Gasteiger partial charge >= 0.3 is 0 Å². The van der Waals surface area contributed by atoms with Crippen LogP contribution in [0.3, 0.4) is 0 Å². The fourth-order valence-corrected chi connectivity index (χ4v) is 2.76. The summed E-state index contributed by atoms with van der Waals surface area (Å²) in [5.41, 5.74) is -2.61. The third-order valence-corrected chi connectivity index (χ3v) is 3.46. The summed E-state index contributed by atoms with van der Waals surface area (Å²) in [5.74, 6) is -1.46. The fourth-order valence-electron chi connectivity index (χ4n) is 1.43. The molecule has 0 N–H and O–H groups in total. The molecule has 0 saturated heterocycles. The molecule has 0 aromatic heterocycles. The zero-order valence-corrected chi connectivity index (χ0v) is 11.7. The van der Waals surface area contributed by atoms with Crippen LogP contribution in [0.2, 0.25) is 0 Å². The van der Waals surface area contributed by atoms with E-state index in [1.165, 1.54) is 0 Å². The van der Waals surface area contributed by atoms with Crippen molar-refractivity contribution in [3.05, 3.63) is 0 Å². The van der Waals surface area contributed by atoms with E-state index in [1.807, 2.05) is 0 Å². The standard InChI is InChI=1S/C9H8Cl4O4/c1-2-3-4(5(10)14)9(6(11)15,7(12)16)8(13)17/h4H,2-3H2,1H3. The van der Waals surface area contributed by atoms with Gasteiger partial charge in [0.15, 0.2) is 0 Å². The van der Waals surface area contributed by atoms with E-state index in [2.05, 4.69) is 0 Å². The molecule has 0 aliphatic heterocycles. The minimum atomic E-state index is -2.61. The molecule has 0 aliphatic rings. The normalized spacial score (nSPS) is 13.0. The number of rotatable bonds is 7. The molecule has 0 spiro atoms. The molecule has 0 saturated carbocycles. The highest BCUT2D eigenvalue weighted by Gasteiger charge is 2.58. The van der Waals surface area contributed by atoms with Gasteiger partial charge in [-0.15, -0.1) is 0 Å². The van der Waals surface area contributed by atoms with Crippen LogP contribution in [0.25, 0.3) is 0 Å². The SMILES string of the molecule is CCCC(C(=O)Cl)C(C(=O)Cl)(C(=O)Cl)C(=O)Cl. The van der Waals surface area contributed by atoms with E-state index >= 15 is 0 Å². The van der Waals surface area contributed by atoms with E-state index in [1.54, 1.807) is 6.92 Å². The smallest absolute Gasteiger partial charge is 0.246 e. The topological polar surface area (TPSA) is 68.3 Å². The van der Waals surface area contributed by atoms with E-state index < -0.39 is 32.3 Å². The molecule has 0 fully saturated rings. The van der Waals surface area contributed by atoms with Crippen LogP contribution in [0.5, 0.6) is 0 Å². The van der Waals surface area contributed by atoms with Gasteiger partial charge in [0.25, 0.3) is 0 Å². The first kappa shape index (κ1) is 16.8. The van der Waals surface area contributed by atoms with Gasteiger partial charge in [-0.3, -0.25) is 19.2 Å². The van der Waals surface area contributed by atoms with Crippen molar-refractivity contribution in [2.45, 2.75) is 19.8 Å². The predicted octanol–water partition coefficient (Wildman–Crippen LogP) is 2.45. The Morgan fingerprint density at radius 2 is 1.29 bits per heavy atom. The largest absolute Gasteiger partial charge is 0.281 e. The van der Waals surface area contributed by atoms with Gasteiger partial charge in [-0.1, -0.05) is 13.3 Å². The highest BCUT2D eigenvalue weighted by molar-refractivity contribution is 6.84. The van der Waals surface area contributed by atoms with Gasteiger partial charge in [-0.05, 0) is 52.8 Å². The Kier molecular flexibility index (Phi) is 6.62. The summed E-state index contributed by atoms with van der Waals surface area (Å²) in [6, 6.07) is 0. The third kappa shape index (κ3) is 3.19. The molecular formula is C9H8Cl4O4. The summed E-state index contributed by atoms with van der Waals surface area (Å²) in [7, 11) is 0. The lowest BCUT2D eigenvalue weighted by molar-refractivity contribution is -0.146. The quantitative estimate of drug-likeness (QED) is 0.533. The fraction of sp³-hybridized carbons (Fsp3) is 0.556. The van der Waals surface area contributed by atoms with Gasteiger partial charge in [0.05, 0.1) is 5.92 Å². The molecule has 0 rings (SSSR count). The molecule has 1 unspecified atom stereocenters. The zero-order chi connectivity index (χ0) is 13.8. The van der Waals surface area contributed by atoms with Crippen molar-refractivity contribution in [2.24, 2.45) is 11.3 Å². The van der Waals surface area contributed by atoms with Gasteiger partial charge in [0.2, 0.25) is 26.4 Å². The molecule has 96 valence electrons. The second-order valence-electron chi connectivity index (χ2n) is 3.27. The Hall–Kier alpha value is -0.160. The first-order valence-corrected chi connectivity index (χ1v) is 6.03. The number of carbonyl (C=O) groups excluding carboxylic acids is 4. The number of hydrogen-bond acceptors (Lipinski definition) is 4. The van der Waals surface area contributed by atoms with Crippen LogP contribution in [-0.2, 0) is 19.2 Å². The summed E-state index contributed by atoms with van der Waals surface area (Å²) in [6.07, 6.45) is 0.362. The van der Waals surface area contributed by atoms with Gasteiger partial charge in [-0.25, -0.2) is 0 Å². The van der Waals surface area contributed by atoms with E-state index in [9.17, 15) is 19.2 Å². The highest BCUT2D eigenvalue weighted by Crippen LogP contribution is 2.40. The van der Waals surface area contributed by atoms with Crippen LogP contribution >= 0.6 is 46.4 Å². The Balaban J connectivity index is 5.87. The summed E-state index contributed by atoms with van der Waals surface area (Å²) in [4.78, 5) is 45.2. The zero-order valence-electron chi connectivity index (χ0n) is 8.64. The molecule has 1 atom stereocenters. The van der Waals surface area contributed by atoms with E-state index in [0.717, 1.165) is 0 Å². The van der Waals surface area contributed by atoms with E-state index in [4.69, 9.17) is 46.4 Å². The monoisotopic (exact) mass is 320 g/mol. The van der Waals surface area contributed by atoms with Crippen molar-refractivity contribution in [3.63, 3.8) is 0 Å². The van der Waals surface area contributed by atoms with Crippen LogP contribution in [0.1, 0.15) is 19.8 Å². The Morgan fingerprint density at radius 3 is 1.47 bits per heavy atom. The van der Waals surface area contributed by atoms with Crippen LogP contribution in [0, 0.1) is 11.3 Å². The molecular weight excluding hydrogens is 314 g/mol. The molecule has 0 aromatic rings. The third-order valence-electron chi connectivity index (χ3n) is 2.30. The van der Waals surface area contributed by atoms with Gasteiger partial charge in [0.1, 0.15) is 0 Å². The molecule has 17 heavy (non-hydrogen) atoms. The van der Waals surface area contributed by atoms with Crippen molar-refractivity contribution in [2.75, 3.05) is 0 Å². The predicted molar refractivity (Wildman–Crippen MR) is 64.3 cm³/mol. The number of halogens is 4. The summed E-state index contributed by atoms with van der Waals surface area (Å²) in [6.45, 7) is 1.66. The van der Waals surface area contributed by atoms with Crippen LogP contribution < -0.4 is 0 Å². The molecule has 0 radical (unpaired) electrons. The first-order valence-electron chi connectivity index (χ1n) is 4.52. The van der Waals surface area contributed by atoms with Gasteiger partial charge in [-0.2, -0.15) is 0 Å². The molecule has 8 heteroatoms. The average Bonchev–Trinajstić information content (AvgIpc) is 2.15. The van der Waals surface area contributed by atoms with E-state index in [0.29, 0.717) is 6.42 Å². The summed E-state index contributed by atoms with van der Waals surface area (Å²) in [5, 5.41) is -5.30. The lowest BCUT2D eigenvalue weighted by Gasteiger charge is -2.28. The average molecular weight is 322 g/mol. The highest BCUT2D eigenvalue weighted by atomic mass is 35.5. The number of hydrogen-bond donors (Lipinski definition) is 0. The van der Waals surface area contributed by atoms with Gasteiger partial charge < -0.3 is 0 Å². The van der Waals surface area contributed by atoms with Crippen molar-refractivity contribution >= 4 is 67.4 Å². The van der Waals surface area contributed by atoms with Crippen molar-refractivity contribution in [3.8, 4) is 0 Å². The van der Waals surface area contributed by atoms with Crippen molar-refractivity contribution < 1.29 is 19.2 Å². The molecule has 4 nitrogen and oxygen atoms in total. The Labute approximate surface area is 118 Å². The maximum Gasteiger partial charge on any atom is 0.246 e. The van der Waals surface area contributed by atoms with Crippen LogP contribution in [0.4, 0.5) is 0 Å². The van der Waals surface area contributed by atoms with Crippen LogP contribution in [0.15, 0.2) is 0 Å². The first-order chi connectivity index (χ1) is 7.72. The minimum Gasteiger partial charge on any atom is -0.281 e. The summed E-state index contributed by atoms with van der Waals surface area (Å²) >= 11 is 20.9. The second-order valence-corrected chi connectivity index (χ2v) is 4.68. The summed E-state index contributed by atoms with van der Waals surface area (Å²) < 4.78 is 0. The molecule has 0 heterocycles. The Bertz CT molecular complexity index is 330. The maximum atomic E-state index is 11.3. The lowest BCUT2D eigenvalue weighted by Crippen LogP contribution is -2.48.